The molecule has 1 atom stereocenters. The molecule has 0 heterocycles. The zero-order chi connectivity index (χ0) is 14.5. The summed E-state index contributed by atoms with van der Waals surface area (Å²) in [4.78, 5) is 0. The standard InChI is InChI=1S/C18H21ClO/c1-13-6-5-7-14(2)17(13)11-15(12-20)10-16-8-3-4-9-18(16)19/h3-9,15,20H,10-12H2,1-2H3. The molecule has 0 radical (unpaired) electrons. The normalized spacial score (nSPS) is 12.4. The summed E-state index contributed by atoms with van der Waals surface area (Å²) < 4.78 is 0. The monoisotopic (exact) mass is 288 g/mol. The quantitative estimate of drug-likeness (QED) is 0.867. The van der Waals surface area contributed by atoms with Crippen LogP contribution in [0.1, 0.15) is 22.3 Å². The third-order valence-electron chi connectivity index (χ3n) is 3.86. The highest BCUT2D eigenvalue weighted by Gasteiger charge is 2.14. The van der Waals surface area contributed by atoms with Crippen molar-refractivity contribution in [2.45, 2.75) is 26.7 Å². The lowest BCUT2D eigenvalue weighted by Crippen LogP contribution is -2.14. The van der Waals surface area contributed by atoms with Crippen LogP contribution in [-0.4, -0.2) is 11.7 Å². The number of aliphatic hydroxyl groups is 1. The van der Waals surface area contributed by atoms with Crippen molar-refractivity contribution in [2.75, 3.05) is 6.61 Å². The predicted molar refractivity (Wildman–Crippen MR) is 85.4 cm³/mol. The van der Waals surface area contributed by atoms with Crippen LogP contribution in [0.4, 0.5) is 0 Å². The molecule has 1 nitrogen and oxygen atoms in total. The summed E-state index contributed by atoms with van der Waals surface area (Å²) in [5.41, 5.74) is 5.04. The molecule has 0 spiro atoms. The Balaban J connectivity index is 2.16. The fourth-order valence-corrected chi connectivity index (χ4v) is 2.85. The third-order valence-corrected chi connectivity index (χ3v) is 4.23. The largest absolute Gasteiger partial charge is 0.396 e. The second-order valence-corrected chi connectivity index (χ2v) is 5.83. The Hall–Kier alpha value is -1.31. The van der Waals surface area contributed by atoms with E-state index in [0.717, 1.165) is 23.4 Å². The number of aliphatic hydroxyl groups excluding tert-OH is 1. The molecule has 1 N–H and O–H groups in total. The minimum atomic E-state index is 0.180. The number of halogens is 1. The highest BCUT2D eigenvalue weighted by Crippen LogP contribution is 2.23. The Kier molecular flexibility index (Phi) is 5.22. The van der Waals surface area contributed by atoms with Crippen LogP contribution in [-0.2, 0) is 12.8 Å². The van der Waals surface area contributed by atoms with Crippen molar-refractivity contribution in [1.82, 2.24) is 0 Å². The topological polar surface area (TPSA) is 20.2 Å². The summed E-state index contributed by atoms with van der Waals surface area (Å²) in [6.07, 6.45) is 1.70. The van der Waals surface area contributed by atoms with Crippen LogP contribution in [0.3, 0.4) is 0 Å². The number of benzene rings is 2. The van der Waals surface area contributed by atoms with Gasteiger partial charge >= 0.3 is 0 Å². The maximum atomic E-state index is 9.68. The van der Waals surface area contributed by atoms with Crippen LogP contribution in [0.2, 0.25) is 5.02 Å². The molecule has 0 saturated carbocycles. The molecular formula is C18H21ClO. The molecule has 0 aromatic heterocycles. The second-order valence-electron chi connectivity index (χ2n) is 5.42. The molecule has 0 bridgehead atoms. The van der Waals surface area contributed by atoms with E-state index in [9.17, 15) is 5.11 Å². The van der Waals surface area contributed by atoms with Gasteiger partial charge in [0.25, 0.3) is 0 Å². The van der Waals surface area contributed by atoms with Crippen molar-refractivity contribution in [3.63, 3.8) is 0 Å². The summed E-state index contributed by atoms with van der Waals surface area (Å²) in [6.45, 7) is 4.44. The van der Waals surface area contributed by atoms with Gasteiger partial charge in [-0.15, -0.1) is 0 Å². The van der Waals surface area contributed by atoms with Gasteiger partial charge in [0.1, 0.15) is 0 Å². The smallest absolute Gasteiger partial charge is 0.0465 e. The molecule has 1 unspecified atom stereocenters. The molecule has 106 valence electrons. The maximum absolute atomic E-state index is 9.68. The van der Waals surface area contributed by atoms with E-state index in [1.54, 1.807) is 0 Å². The van der Waals surface area contributed by atoms with Gasteiger partial charge in [0.15, 0.2) is 0 Å². The van der Waals surface area contributed by atoms with Crippen molar-refractivity contribution < 1.29 is 5.11 Å². The van der Waals surface area contributed by atoms with Crippen LogP contribution < -0.4 is 0 Å². The van der Waals surface area contributed by atoms with Crippen molar-refractivity contribution >= 4 is 11.6 Å². The van der Waals surface area contributed by atoms with Crippen LogP contribution >= 0.6 is 11.6 Å². The average molecular weight is 289 g/mol. The summed E-state index contributed by atoms with van der Waals surface area (Å²) in [6, 6.07) is 14.2. The van der Waals surface area contributed by atoms with Crippen LogP contribution in [0, 0.1) is 19.8 Å². The van der Waals surface area contributed by atoms with Gasteiger partial charge in [-0.2, -0.15) is 0 Å². The third kappa shape index (κ3) is 3.62. The van der Waals surface area contributed by atoms with E-state index in [4.69, 9.17) is 11.6 Å². The SMILES string of the molecule is Cc1cccc(C)c1CC(CO)Cc1ccccc1Cl. The van der Waals surface area contributed by atoms with E-state index < -0.39 is 0 Å². The van der Waals surface area contributed by atoms with Crippen molar-refractivity contribution in [3.8, 4) is 0 Å². The Bertz CT molecular complexity index is 557. The molecule has 0 amide bonds. The molecule has 2 heteroatoms. The minimum absolute atomic E-state index is 0.180. The lowest BCUT2D eigenvalue weighted by Gasteiger charge is -2.18. The van der Waals surface area contributed by atoms with Crippen molar-refractivity contribution in [3.05, 3.63) is 69.7 Å². The molecule has 0 aliphatic carbocycles. The van der Waals surface area contributed by atoms with Gasteiger partial charge in [-0.1, -0.05) is 48.0 Å². The molecule has 0 saturated heterocycles. The maximum Gasteiger partial charge on any atom is 0.0465 e. The van der Waals surface area contributed by atoms with E-state index in [1.165, 1.54) is 16.7 Å². The Morgan fingerprint density at radius 2 is 1.60 bits per heavy atom. The minimum Gasteiger partial charge on any atom is -0.396 e. The summed E-state index contributed by atoms with van der Waals surface area (Å²) in [5.74, 6) is 0.203. The van der Waals surface area contributed by atoms with Crippen LogP contribution in [0.15, 0.2) is 42.5 Å². The number of rotatable bonds is 5. The molecule has 0 aliphatic heterocycles. The van der Waals surface area contributed by atoms with E-state index in [1.807, 2.05) is 24.3 Å². The van der Waals surface area contributed by atoms with Gasteiger partial charge in [-0.25, -0.2) is 0 Å². The summed E-state index contributed by atoms with van der Waals surface area (Å²) in [5, 5.41) is 10.5. The van der Waals surface area contributed by atoms with E-state index in [-0.39, 0.29) is 12.5 Å². The lowest BCUT2D eigenvalue weighted by molar-refractivity contribution is 0.224. The zero-order valence-corrected chi connectivity index (χ0v) is 12.8. The van der Waals surface area contributed by atoms with Gasteiger partial charge in [0.05, 0.1) is 0 Å². The second kappa shape index (κ2) is 6.92. The van der Waals surface area contributed by atoms with Gasteiger partial charge < -0.3 is 5.11 Å². The van der Waals surface area contributed by atoms with Gasteiger partial charge in [0, 0.05) is 11.6 Å². The van der Waals surface area contributed by atoms with Crippen molar-refractivity contribution in [2.24, 2.45) is 5.92 Å². The molecule has 2 rings (SSSR count). The first kappa shape index (κ1) is 15.1. The molecule has 2 aromatic carbocycles. The number of hydrogen-bond donors (Lipinski definition) is 1. The Labute approximate surface area is 126 Å². The summed E-state index contributed by atoms with van der Waals surface area (Å²) in [7, 11) is 0. The zero-order valence-electron chi connectivity index (χ0n) is 12.1. The highest BCUT2D eigenvalue weighted by atomic mass is 35.5. The molecule has 2 aromatic rings. The number of aryl methyl sites for hydroxylation is 2. The van der Waals surface area contributed by atoms with Gasteiger partial charge in [0.2, 0.25) is 0 Å². The molecule has 0 fully saturated rings. The Morgan fingerprint density at radius 3 is 2.20 bits per heavy atom. The molecule has 20 heavy (non-hydrogen) atoms. The predicted octanol–water partition coefficient (Wildman–Crippen LogP) is 4.35. The van der Waals surface area contributed by atoms with Gasteiger partial charge in [-0.05, 0) is 60.9 Å². The molecular weight excluding hydrogens is 268 g/mol. The molecule has 0 aliphatic rings. The van der Waals surface area contributed by atoms with Crippen molar-refractivity contribution in [1.29, 1.82) is 0 Å². The fourth-order valence-electron chi connectivity index (χ4n) is 2.64. The van der Waals surface area contributed by atoms with E-state index in [2.05, 4.69) is 32.0 Å². The van der Waals surface area contributed by atoms with Crippen LogP contribution in [0.5, 0.6) is 0 Å². The van der Waals surface area contributed by atoms with Gasteiger partial charge in [-0.3, -0.25) is 0 Å². The van der Waals surface area contributed by atoms with E-state index >= 15 is 0 Å². The first-order chi connectivity index (χ1) is 9.61. The van der Waals surface area contributed by atoms with Crippen LogP contribution in [0.25, 0.3) is 0 Å². The average Bonchev–Trinajstić information content (AvgIpc) is 2.44. The first-order valence-electron chi connectivity index (χ1n) is 7.01. The highest BCUT2D eigenvalue weighted by molar-refractivity contribution is 6.31. The first-order valence-corrected chi connectivity index (χ1v) is 7.39. The fraction of sp³-hybridized carbons (Fsp3) is 0.333. The summed E-state index contributed by atoms with van der Waals surface area (Å²) >= 11 is 6.21. The van der Waals surface area contributed by atoms with E-state index in [0.29, 0.717) is 0 Å². The number of hydrogen-bond acceptors (Lipinski definition) is 1. The Morgan fingerprint density at radius 1 is 0.950 bits per heavy atom. The lowest BCUT2D eigenvalue weighted by atomic mass is 9.89.